The second-order valence-electron chi connectivity index (χ2n) is 5.67. The molecule has 1 aliphatic carbocycles. The molecule has 0 aromatic heterocycles. The average Bonchev–Trinajstić information content (AvgIpc) is 2.91. The van der Waals surface area contributed by atoms with Gasteiger partial charge in [-0.2, -0.15) is 0 Å². The number of nitrogens with zero attached hydrogens (tertiary/aromatic N) is 1. The van der Waals surface area contributed by atoms with Crippen molar-refractivity contribution in [3.05, 3.63) is 35.5 Å². The molecule has 0 radical (unpaired) electrons. The maximum atomic E-state index is 12.1. The summed E-state index contributed by atoms with van der Waals surface area (Å²) < 4.78 is 11.0. The minimum atomic E-state index is -0.355. The van der Waals surface area contributed by atoms with Gasteiger partial charge < -0.3 is 9.47 Å². The fourth-order valence-electron chi connectivity index (χ4n) is 2.98. The molecule has 3 rings (SSSR count). The van der Waals surface area contributed by atoms with Gasteiger partial charge in [0.15, 0.2) is 5.70 Å². The molecule has 1 fully saturated rings. The summed E-state index contributed by atoms with van der Waals surface area (Å²) in [7, 11) is 0. The molecular formula is C18H21NO3. The first-order valence-corrected chi connectivity index (χ1v) is 8.02. The molecule has 0 saturated heterocycles. The van der Waals surface area contributed by atoms with Gasteiger partial charge in [0.2, 0.25) is 5.90 Å². The van der Waals surface area contributed by atoms with Gasteiger partial charge in [0.1, 0.15) is 5.75 Å². The van der Waals surface area contributed by atoms with Gasteiger partial charge in [0.25, 0.3) is 0 Å². The third-order valence-electron chi connectivity index (χ3n) is 4.10. The minimum absolute atomic E-state index is 0.297. The number of benzene rings is 1. The zero-order chi connectivity index (χ0) is 15.4. The molecule has 2 aliphatic rings. The quantitative estimate of drug-likeness (QED) is 0.624. The molecule has 1 aliphatic heterocycles. The Morgan fingerprint density at radius 2 is 2.05 bits per heavy atom. The fourth-order valence-corrected chi connectivity index (χ4v) is 2.98. The predicted molar refractivity (Wildman–Crippen MR) is 85.7 cm³/mol. The SMILES string of the molecule is CCOc1ccccc1/C=C1/N=C(C2CCCCC2)OC1=O. The van der Waals surface area contributed by atoms with Crippen LogP contribution in [0.2, 0.25) is 0 Å². The lowest BCUT2D eigenvalue weighted by Gasteiger charge is -2.19. The number of esters is 1. The van der Waals surface area contributed by atoms with Gasteiger partial charge in [0, 0.05) is 11.5 Å². The Kier molecular flexibility index (Phi) is 4.56. The number of rotatable bonds is 4. The van der Waals surface area contributed by atoms with E-state index in [1.165, 1.54) is 19.3 Å². The first-order chi connectivity index (χ1) is 10.8. The molecule has 116 valence electrons. The molecule has 4 nitrogen and oxygen atoms in total. The molecule has 0 N–H and O–H groups in total. The summed E-state index contributed by atoms with van der Waals surface area (Å²) in [6.45, 7) is 2.52. The number of carbonyl (C=O) groups is 1. The van der Waals surface area contributed by atoms with E-state index in [-0.39, 0.29) is 5.97 Å². The van der Waals surface area contributed by atoms with E-state index >= 15 is 0 Å². The lowest BCUT2D eigenvalue weighted by molar-refractivity contribution is -0.130. The summed E-state index contributed by atoms with van der Waals surface area (Å²) in [5.41, 5.74) is 1.22. The van der Waals surface area contributed by atoms with Gasteiger partial charge >= 0.3 is 5.97 Å². The van der Waals surface area contributed by atoms with Crippen molar-refractivity contribution < 1.29 is 14.3 Å². The van der Waals surface area contributed by atoms with E-state index in [9.17, 15) is 4.79 Å². The zero-order valence-corrected chi connectivity index (χ0v) is 12.9. The first kappa shape index (κ1) is 14.8. The van der Waals surface area contributed by atoms with E-state index < -0.39 is 0 Å². The Morgan fingerprint density at radius 3 is 2.82 bits per heavy atom. The molecule has 4 heteroatoms. The highest BCUT2D eigenvalue weighted by Crippen LogP contribution is 2.30. The van der Waals surface area contributed by atoms with Gasteiger partial charge in [-0.05, 0) is 31.9 Å². The summed E-state index contributed by atoms with van der Waals surface area (Å²) in [6.07, 6.45) is 7.52. The topological polar surface area (TPSA) is 47.9 Å². The molecule has 1 aromatic rings. The standard InChI is InChI=1S/C18H21NO3/c1-2-21-16-11-7-6-10-14(16)12-15-18(20)22-17(19-15)13-8-4-3-5-9-13/h6-7,10-13H,2-5,8-9H2,1H3/b15-12+. The van der Waals surface area contributed by atoms with Crippen molar-refractivity contribution in [1.82, 2.24) is 0 Å². The highest BCUT2D eigenvalue weighted by molar-refractivity contribution is 6.08. The molecule has 1 saturated carbocycles. The number of aliphatic imine (C=N–C) groups is 1. The lowest BCUT2D eigenvalue weighted by Crippen LogP contribution is -2.19. The average molecular weight is 299 g/mol. The molecule has 0 spiro atoms. The molecule has 0 unspecified atom stereocenters. The minimum Gasteiger partial charge on any atom is -0.493 e. The van der Waals surface area contributed by atoms with Crippen molar-refractivity contribution >= 4 is 17.9 Å². The van der Waals surface area contributed by atoms with Crippen LogP contribution in [0.15, 0.2) is 35.0 Å². The second kappa shape index (κ2) is 6.77. The predicted octanol–water partition coefficient (Wildman–Crippen LogP) is 3.96. The largest absolute Gasteiger partial charge is 0.493 e. The Hall–Kier alpha value is -2.10. The van der Waals surface area contributed by atoms with Crippen LogP contribution < -0.4 is 4.74 Å². The number of hydrogen-bond acceptors (Lipinski definition) is 4. The van der Waals surface area contributed by atoms with Crippen molar-refractivity contribution in [2.45, 2.75) is 39.0 Å². The third-order valence-corrected chi connectivity index (χ3v) is 4.10. The van der Waals surface area contributed by atoms with Gasteiger partial charge in [-0.1, -0.05) is 37.5 Å². The molecule has 0 bridgehead atoms. The number of hydrogen-bond donors (Lipinski definition) is 0. The monoisotopic (exact) mass is 299 g/mol. The zero-order valence-electron chi connectivity index (χ0n) is 12.9. The van der Waals surface area contributed by atoms with E-state index in [2.05, 4.69) is 4.99 Å². The van der Waals surface area contributed by atoms with Crippen LogP contribution in [-0.4, -0.2) is 18.5 Å². The summed E-state index contributed by atoms with van der Waals surface area (Å²) in [6, 6.07) is 7.64. The number of para-hydroxylation sites is 1. The van der Waals surface area contributed by atoms with Crippen LogP contribution in [0.3, 0.4) is 0 Å². The third kappa shape index (κ3) is 3.21. The number of carbonyl (C=O) groups excluding carboxylic acids is 1. The van der Waals surface area contributed by atoms with Gasteiger partial charge in [0.05, 0.1) is 6.61 Å². The molecule has 1 heterocycles. The Labute approximate surface area is 130 Å². The van der Waals surface area contributed by atoms with Crippen LogP contribution in [0.25, 0.3) is 6.08 Å². The lowest BCUT2D eigenvalue weighted by atomic mass is 9.89. The van der Waals surface area contributed by atoms with E-state index in [1.54, 1.807) is 6.08 Å². The fraction of sp³-hybridized carbons (Fsp3) is 0.444. The molecule has 0 amide bonds. The summed E-state index contributed by atoms with van der Waals surface area (Å²) in [5.74, 6) is 1.30. The molecule has 1 aromatic carbocycles. The van der Waals surface area contributed by atoms with Crippen molar-refractivity contribution in [1.29, 1.82) is 0 Å². The van der Waals surface area contributed by atoms with E-state index in [4.69, 9.17) is 9.47 Å². The smallest absolute Gasteiger partial charge is 0.363 e. The van der Waals surface area contributed by atoms with Crippen LogP contribution in [-0.2, 0) is 9.53 Å². The van der Waals surface area contributed by atoms with Crippen molar-refractivity contribution in [3.8, 4) is 5.75 Å². The van der Waals surface area contributed by atoms with Gasteiger partial charge in [-0.25, -0.2) is 9.79 Å². The first-order valence-electron chi connectivity index (χ1n) is 8.02. The Balaban J connectivity index is 1.84. The summed E-state index contributed by atoms with van der Waals surface area (Å²) in [5, 5.41) is 0. The van der Waals surface area contributed by atoms with E-state index in [0.29, 0.717) is 24.1 Å². The molecule has 22 heavy (non-hydrogen) atoms. The van der Waals surface area contributed by atoms with Crippen molar-refractivity contribution in [2.24, 2.45) is 10.9 Å². The Bertz CT molecular complexity index is 613. The molecular weight excluding hydrogens is 278 g/mol. The number of ether oxygens (including phenoxy) is 2. The van der Waals surface area contributed by atoms with Gasteiger partial charge in [-0.3, -0.25) is 0 Å². The van der Waals surface area contributed by atoms with Crippen LogP contribution in [0.1, 0.15) is 44.6 Å². The van der Waals surface area contributed by atoms with Gasteiger partial charge in [-0.15, -0.1) is 0 Å². The van der Waals surface area contributed by atoms with Crippen molar-refractivity contribution in [2.75, 3.05) is 6.61 Å². The Morgan fingerprint density at radius 1 is 1.27 bits per heavy atom. The van der Waals surface area contributed by atoms with Crippen molar-refractivity contribution in [3.63, 3.8) is 0 Å². The number of cyclic esters (lactones) is 1. The van der Waals surface area contributed by atoms with E-state index in [1.807, 2.05) is 31.2 Å². The molecule has 0 atom stereocenters. The maximum Gasteiger partial charge on any atom is 0.363 e. The highest BCUT2D eigenvalue weighted by atomic mass is 16.6. The maximum absolute atomic E-state index is 12.1. The van der Waals surface area contributed by atoms with Crippen LogP contribution in [0, 0.1) is 5.92 Å². The van der Waals surface area contributed by atoms with Crippen LogP contribution >= 0.6 is 0 Å². The second-order valence-corrected chi connectivity index (χ2v) is 5.67. The summed E-state index contributed by atoms with van der Waals surface area (Å²) in [4.78, 5) is 16.5. The van der Waals surface area contributed by atoms with Crippen LogP contribution in [0.4, 0.5) is 0 Å². The van der Waals surface area contributed by atoms with E-state index in [0.717, 1.165) is 24.2 Å². The van der Waals surface area contributed by atoms with Crippen LogP contribution in [0.5, 0.6) is 5.75 Å². The highest BCUT2D eigenvalue weighted by Gasteiger charge is 2.30. The normalized spacial score (nSPS) is 20.9. The summed E-state index contributed by atoms with van der Waals surface area (Å²) >= 11 is 0.